The Kier molecular flexibility index (Phi) is 4.29. The van der Waals surface area contributed by atoms with Gasteiger partial charge in [-0.2, -0.15) is 0 Å². The van der Waals surface area contributed by atoms with Crippen molar-refractivity contribution < 1.29 is 5.11 Å². The van der Waals surface area contributed by atoms with Gasteiger partial charge in [-0.05, 0) is 37.5 Å². The van der Waals surface area contributed by atoms with Crippen molar-refractivity contribution in [2.45, 2.75) is 33.7 Å². The molecular formula is C18H20N4O2. The third kappa shape index (κ3) is 2.87. The van der Waals surface area contributed by atoms with Gasteiger partial charge >= 0.3 is 0 Å². The molecule has 3 aromatic heterocycles. The summed E-state index contributed by atoms with van der Waals surface area (Å²) in [5.74, 6) is 0.831. The van der Waals surface area contributed by atoms with Gasteiger partial charge in [-0.1, -0.05) is 13.8 Å². The molecule has 3 aromatic rings. The lowest BCUT2D eigenvalue weighted by molar-refractivity contribution is 0.471. The highest BCUT2D eigenvalue weighted by Gasteiger charge is 2.18. The van der Waals surface area contributed by atoms with Crippen LogP contribution in [0.3, 0.4) is 0 Å². The number of pyridine rings is 2. The molecule has 0 fully saturated rings. The molecule has 3 heterocycles. The molecule has 0 amide bonds. The van der Waals surface area contributed by atoms with E-state index < -0.39 is 0 Å². The second-order valence-electron chi connectivity index (χ2n) is 6.24. The molecule has 1 N–H and O–H groups in total. The summed E-state index contributed by atoms with van der Waals surface area (Å²) in [5.41, 5.74) is 1.38. The maximum atomic E-state index is 13.0. The van der Waals surface area contributed by atoms with Crippen molar-refractivity contribution in [1.29, 1.82) is 0 Å². The van der Waals surface area contributed by atoms with E-state index in [2.05, 4.69) is 28.8 Å². The molecule has 0 aliphatic carbocycles. The van der Waals surface area contributed by atoms with Gasteiger partial charge in [0, 0.05) is 18.9 Å². The monoisotopic (exact) mass is 324 g/mol. The van der Waals surface area contributed by atoms with Gasteiger partial charge in [0.25, 0.3) is 5.56 Å². The fraction of sp³-hybridized carbons (Fsp3) is 0.333. The predicted molar refractivity (Wildman–Crippen MR) is 92.9 cm³/mol. The Morgan fingerprint density at radius 2 is 2.00 bits per heavy atom. The maximum Gasteiger partial charge on any atom is 0.263 e. The van der Waals surface area contributed by atoms with Crippen LogP contribution < -0.4 is 5.56 Å². The molecule has 0 radical (unpaired) electrons. The molecule has 0 aromatic carbocycles. The van der Waals surface area contributed by atoms with Crippen LogP contribution >= 0.6 is 0 Å². The van der Waals surface area contributed by atoms with Crippen molar-refractivity contribution in [3.63, 3.8) is 0 Å². The second kappa shape index (κ2) is 6.39. The van der Waals surface area contributed by atoms with E-state index in [0.717, 1.165) is 6.42 Å². The van der Waals surface area contributed by atoms with Crippen molar-refractivity contribution in [3.05, 3.63) is 46.6 Å². The lowest BCUT2D eigenvalue weighted by Crippen LogP contribution is -2.25. The molecule has 0 spiro atoms. The van der Waals surface area contributed by atoms with Crippen LogP contribution in [0.4, 0.5) is 0 Å². The van der Waals surface area contributed by atoms with Gasteiger partial charge in [0.2, 0.25) is 0 Å². The van der Waals surface area contributed by atoms with Crippen LogP contribution in [-0.2, 0) is 6.54 Å². The molecule has 124 valence electrons. The molecule has 0 aliphatic rings. The van der Waals surface area contributed by atoms with Crippen LogP contribution in [0.25, 0.3) is 22.4 Å². The highest BCUT2D eigenvalue weighted by molar-refractivity contribution is 5.81. The van der Waals surface area contributed by atoms with Gasteiger partial charge in [-0.3, -0.25) is 14.3 Å². The summed E-state index contributed by atoms with van der Waals surface area (Å²) in [7, 11) is 0. The molecule has 0 unspecified atom stereocenters. The third-order valence-electron chi connectivity index (χ3n) is 3.99. The quantitative estimate of drug-likeness (QED) is 0.798. The molecule has 24 heavy (non-hydrogen) atoms. The number of aryl methyl sites for hydroxylation is 1. The fourth-order valence-electron chi connectivity index (χ4n) is 2.66. The molecule has 6 heteroatoms. The second-order valence-corrected chi connectivity index (χ2v) is 6.24. The Labute approximate surface area is 139 Å². The van der Waals surface area contributed by atoms with Crippen molar-refractivity contribution in [1.82, 2.24) is 19.5 Å². The minimum absolute atomic E-state index is 0.00725. The first-order valence-electron chi connectivity index (χ1n) is 7.99. The first kappa shape index (κ1) is 16.1. The van der Waals surface area contributed by atoms with Crippen molar-refractivity contribution in [2.24, 2.45) is 5.92 Å². The van der Waals surface area contributed by atoms with E-state index in [9.17, 15) is 9.90 Å². The first-order chi connectivity index (χ1) is 11.5. The first-order valence-corrected chi connectivity index (χ1v) is 7.99. The van der Waals surface area contributed by atoms with Gasteiger partial charge in [0.05, 0.1) is 16.6 Å². The van der Waals surface area contributed by atoms with Gasteiger partial charge in [0.15, 0.2) is 5.82 Å². The Hall–Kier alpha value is -2.76. The van der Waals surface area contributed by atoms with Crippen molar-refractivity contribution in [3.8, 4) is 17.3 Å². The highest BCUT2D eigenvalue weighted by Crippen LogP contribution is 2.26. The van der Waals surface area contributed by atoms with Crippen molar-refractivity contribution in [2.75, 3.05) is 0 Å². The lowest BCUT2D eigenvalue weighted by atomic mass is 10.1. The highest BCUT2D eigenvalue weighted by atomic mass is 16.3. The van der Waals surface area contributed by atoms with Crippen LogP contribution in [0.2, 0.25) is 0 Å². The summed E-state index contributed by atoms with van der Waals surface area (Å²) >= 11 is 0. The number of aromatic hydroxyl groups is 1. The number of nitrogens with zero attached hydrogens (tertiary/aromatic N) is 4. The van der Waals surface area contributed by atoms with Crippen LogP contribution in [-0.4, -0.2) is 24.6 Å². The van der Waals surface area contributed by atoms with Gasteiger partial charge in [0.1, 0.15) is 11.4 Å². The molecule has 0 aliphatic heterocycles. The smallest absolute Gasteiger partial charge is 0.263 e. The minimum atomic E-state index is -0.147. The van der Waals surface area contributed by atoms with Gasteiger partial charge < -0.3 is 5.11 Å². The zero-order chi connectivity index (χ0) is 17.3. The Bertz CT molecular complexity index is 947. The van der Waals surface area contributed by atoms with Gasteiger partial charge in [-0.15, -0.1) is 0 Å². The molecular weight excluding hydrogens is 304 g/mol. The average Bonchev–Trinajstić information content (AvgIpc) is 2.54. The SMILES string of the molecule is Cc1nccc2nc(-c3ncccc3O)n(CCC(C)C)c(=O)c12. The zero-order valence-corrected chi connectivity index (χ0v) is 14.0. The topological polar surface area (TPSA) is 80.9 Å². The van der Waals surface area contributed by atoms with E-state index in [1.54, 1.807) is 42.1 Å². The summed E-state index contributed by atoms with van der Waals surface area (Å²) < 4.78 is 1.60. The summed E-state index contributed by atoms with van der Waals surface area (Å²) in [5, 5.41) is 10.7. The summed E-state index contributed by atoms with van der Waals surface area (Å²) in [4.78, 5) is 26.1. The molecule has 0 bridgehead atoms. The van der Waals surface area contributed by atoms with Crippen LogP contribution in [0.15, 0.2) is 35.4 Å². The third-order valence-corrected chi connectivity index (χ3v) is 3.99. The fourth-order valence-corrected chi connectivity index (χ4v) is 2.66. The molecule has 0 atom stereocenters. The Morgan fingerprint density at radius 3 is 2.71 bits per heavy atom. The van der Waals surface area contributed by atoms with E-state index in [1.165, 1.54) is 0 Å². The molecule has 3 rings (SSSR count). The predicted octanol–water partition coefficient (Wildman–Crippen LogP) is 2.91. The molecule has 6 nitrogen and oxygen atoms in total. The number of aromatic nitrogens is 4. The normalized spacial score (nSPS) is 11.3. The van der Waals surface area contributed by atoms with Crippen LogP contribution in [0.5, 0.6) is 5.75 Å². The van der Waals surface area contributed by atoms with Crippen LogP contribution in [0.1, 0.15) is 26.0 Å². The largest absolute Gasteiger partial charge is 0.506 e. The summed E-state index contributed by atoms with van der Waals surface area (Å²) in [6.07, 6.45) is 4.04. The summed E-state index contributed by atoms with van der Waals surface area (Å²) in [6, 6.07) is 4.90. The van der Waals surface area contributed by atoms with E-state index in [1.807, 2.05) is 0 Å². The molecule has 0 saturated carbocycles. The number of rotatable bonds is 4. The van der Waals surface area contributed by atoms with Gasteiger partial charge in [-0.25, -0.2) is 9.97 Å². The standard InChI is InChI=1S/C18H20N4O2/c1-11(2)7-10-22-17(16-14(23)5-4-8-20-16)21-13-6-9-19-12(3)15(13)18(22)24/h4-6,8-9,11,23H,7,10H2,1-3H3. The Balaban J connectivity index is 2.32. The zero-order valence-electron chi connectivity index (χ0n) is 14.0. The van der Waals surface area contributed by atoms with E-state index in [4.69, 9.17) is 0 Å². The lowest BCUT2D eigenvalue weighted by Gasteiger charge is -2.15. The van der Waals surface area contributed by atoms with E-state index in [0.29, 0.717) is 40.6 Å². The van der Waals surface area contributed by atoms with Crippen LogP contribution in [0, 0.1) is 12.8 Å². The number of hydrogen-bond acceptors (Lipinski definition) is 5. The maximum absolute atomic E-state index is 13.0. The number of fused-ring (bicyclic) bond motifs is 1. The van der Waals surface area contributed by atoms with E-state index >= 15 is 0 Å². The van der Waals surface area contributed by atoms with E-state index in [-0.39, 0.29) is 11.3 Å². The molecule has 0 saturated heterocycles. The summed E-state index contributed by atoms with van der Waals surface area (Å²) in [6.45, 7) is 6.52. The average molecular weight is 324 g/mol. The van der Waals surface area contributed by atoms with Crippen molar-refractivity contribution >= 4 is 10.9 Å². The number of hydrogen-bond donors (Lipinski definition) is 1. The Morgan fingerprint density at radius 1 is 1.21 bits per heavy atom. The minimum Gasteiger partial charge on any atom is -0.506 e.